The molecule has 1 aliphatic heterocycles. The number of fused-ring (bicyclic) bond motifs is 1. The first-order chi connectivity index (χ1) is 7.02. The van der Waals surface area contributed by atoms with Crippen LogP contribution in [0.3, 0.4) is 0 Å². The monoisotopic (exact) mass is 213 g/mol. The van der Waals surface area contributed by atoms with Crippen LogP contribution in [-0.2, 0) is 9.59 Å². The van der Waals surface area contributed by atoms with Crippen LogP contribution in [0.1, 0.15) is 19.3 Å². The second-order valence-corrected chi connectivity index (χ2v) is 4.20. The normalized spacial score (nSPS) is 37.2. The van der Waals surface area contributed by atoms with E-state index in [0.717, 1.165) is 11.2 Å². The number of amides is 1. The molecule has 0 aromatic rings. The van der Waals surface area contributed by atoms with Gasteiger partial charge in [0.25, 0.3) is 0 Å². The van der Waals surface area contributed by atoms with Gasteiger partial charge in [-0.3, -0.25) is 4.90 Å². The summed E-state index contributed by atoms with van der Waals surface area (Å²) in [6, 6.07) is -1.26. The number of rotatable bonds is 3. The molecule has 1 amide bonds. The molecule has 0 aromatic heterocycles. The highest BCUT2D eigenvalue weighted by Gasteiger charge is 2.67. The van der Waals surface area contributed by atoms with Crippen LogP contribution in [0.2, 0.25) is 0 Å². The number of carboxylic acids is 1. The van der Waals surface area contributed by atoms with Gasteiger partial charge in [-0.15, -0.1) is 0 Å². The van der Waals surface area contributed by atoms with Crippen LogP contribution in [0, 0.1) is 5.41 Å². The lowest BCUT2D eigenvalue weighted by molar-refractivity contribution is -0.142. The van der Waals surface area contributed by atoms with E-state index >= 15 is 0 Å². The van der Waals surface area contributed by atoms with Crippen molar-refractivity contribution < 1.29 is 24.6 Å². The van der Waals surface area contributed by atoms with Gasteiger partial charge in [-0.1, -0.05) is 0 Å². The zero-order valence-corrected chi connectivity index (χ0v) is 7.92. The number of carboxylic acid groups (broad SMARTS) is 2. The van der Waals surface area contributed by atoms with Gasteiger partial charge < -0.3 is 15.0 Å². The Kier molecular flexibility index (Phi) is 1.95. The zero-order valence-electron chi connectivity index (χ0n) is 7.92. The molecule has 82 valence electrons. The third-order valence-corrected chi connectivity index (χ3v) is 3.41. The molecule has 3 atom stereocenters. The van der Waals surface area contributed by atoms with Crippen molar-refractivity contribution in [3.05, 3.63) is 0 Å². The fourth-order valence-corrected chi connectivity index (χ4v) is 2.58. The van der Waals surface area contributed by atoms with Crippen LogP contribution in [0.5, 0.6) is 0 Å². The Labute approximate surface area is 85.5 Å². The first-order valence-corrected chi connectivity index (χ1v) is 4.69. The number of carbonyl (C=O) groups excluding carboxylic acids is 1. The third kappa shape index (κ3) is 1.28. The molecule has 2 fully saturated rings. The first-order valence-electron chi connectivity index (χ1n) is 4.69. The minimum absolute atomic E-state index is 0.255. The maximum absolute atomic E-state index is 10.9. The van der Waals surface area contributed by atoms with Crippen molar-refractivity contribution in [2.75, 3.05) is 0 Å². The Bertz CT molecular complexity index is 341. The van der Waals surface area contributed by atoms with E-state index in [9.17, 15) is 14.4 Å². The lowest BCUT2D eigenvalue weighted by atomic mass is 9.97. The van der Waals surface area contributed by atoms with Crippen molar-refractivity contribution in [3.8, 4) is 0 Å². The second-order valence-electron chi connectivity index (χ2n) is 4.20. The van der Waals surface area contributed by atoms with Crippen LogP contribution < -0.4 is 0 Å². The van der Waals surface area contributed by atoms with Gasteiger partial charge in [-0.2, -0.15) is 0 Å². The zero-order chi connectivity index (χ0) is 11.2. The van der Waals surface area contributed by atoms with Crippen molar-refractivity contribution in [3.63, 3.8) is 0 Å². The van der Waals surface area contributed by atoms with Crippen LogP contribution in [0.4, 0.5) is 4.79 Å². The standard InChI is InChI=1S/C9H11NO5/c11-2-1-9-3-5(7(12)13)10(8(14)15)6(9)4-9/h2,5-6H,1,3-4H2,(H,12,13)(H,14,15)/t5-,6-,9+/m0/s1. The SMILES string of the molecule is O=CC[C@@]12C[C@@H]1N(C(=O)O)[C@H](C(=O)O)C2. The molecule has 1 heterocycles. The molecular formula is C9H11NO5. The van der Waals surface area contributed by atoms with Crippen LogP contribution >= 0.6 is 0 Å². The molecule has 0 bridgehead atoms. The van der Waals surface area contributed by atoms with Gasteiger partial charge in [-0.05, 0) is 12.8 Å². The van der Waals surface area contributed by atoms with Crippen molar-refractivity contribution in [1.82, 2.24) is 4.90 Å². The summed E-state index contributed by atoms with van der Waals surface area (Å²) in [5, 5.41) is 17.7. The summed E-state index contributed by atoms with van der Waals surface area (Å²) in [4.78, 5) is 33.1. The second kappa shape index (κ2) is 2.95. The number of hydrogen-bond donors (Lipinski definition) is 2. The highest BCUT2D eigenvalue weighted by Crippen LogP contribution is 2.61. The molecule has 1 saturated carbocycles. The van der Waals surface area contributed by atoms with Gasteiger partial charge in [0, 0.05) is 17.9 Å². The van der Waals surface area contributed by atoms with Crippen molar-refractivity contribution in [2.45, 2.75) is 31.3 Å². The van der Waals surface area contributed by atoms with Gasteiger partial charge in [0.15, 0.2) is 0 Å². The van der Waals surface area contributed by atoms with E-state index in [1.54, 1.807) is 0 Å². The first kappa shape index (κ1) is 9.95. The van der Waals surface area contributed by atoms with Crippen molar-refractivity contribution in [2.24, 2.45) is 5.41 Å². The molecule has 2 rings (SSSR count). The molecule has 0 unspecified atom stereocenters. The summed E-state index contributed by atoms with van der Waals surface area (Å²) in [5.74, 6) is -1.13. The summed E-state index contributed by atoms with van der Waals surface area (Å²) in [7, 11) is 0. The smallest absolute Gasteiger partial charge is 0.408 e. The van der Waals surface area contributed by atoms with E-state index in [0.29, 0.717) is 6.42 Å². The predicted molar refractivity (Wildman–Crippen MR) is 47.4 cm³/mol. The van der Waals surface area contributed by atoms with Gasteiger partial charge in [-0.25, -0.2) is 9.59 Å². The predicted octanol–water partition coefficient (Wildman–Crippen LogP) is 0.171. The van der Waals surface area contributed by atoms with Gasteiger partial charge in [0.2, 0.25) is 0 Å². The Morgan fingerprint density at radius 1 is 1.40 bits per heavy atom. The summed E-state index contributed by atoms with van der Waals surface area (Å²) < 4.78 is 0. The molecule has 2 aliphatic rings. The fraction of sp³-hybridized carbons (Fsp3) is 0.667. The van der Waals surface area contributed by atoms with Crippen LogP contribution in [-0.4, -0.2) is 45.5 Å². The molecule has 1 aliphatic carbocycles. The van der Waals surface area contributed by atoms with E-state index in [2.05, 4.69) is 0 Å². The maximum Gasteiger partial charge on any atom is 0.408 e. The summed E-state index contributed by atoms with van der Waals surface area (Å²) in [5.41, 5.74) is -0.386. The summed E-state index contributed by atoms with van der Waals surface area (Å²) in [6.45, 7) is 0. The van der Waals surface area contributed by atoms with Crippen molar-refractivity contribution >= 4 is 18.3 Å². The van der Waals surface area contributed by atoms with E-state index < -0.39 is 18.1 Å². The van der Waals surface area contributed by atoms with E-state index in [1.807, 2.05) is 0 Å². The number of hydrogen-bond acceptors (Lipinski definition) is 3. The van der Waals surface area contributed by atoms with E-state index in [-0.39, 0.29) is 24.3 Å². The summed E-state index contributed by atoms with van der Waals surface area (Å²) >= 11 is 0. The molecule has 2 N–H and O–H groups in total. The molecule has 0 aromatic carbocycles. The Morgan fingerprint density at radius 2 is 2.07 bits per heavy atom. The fourth-order valence-electron chi connectivity index (χ4n) is 2.58. The molecule has 6 nitrogen and oxygen atoms in total. The third-order valence-electron chi connectivity index (χ3n) is 3.41. The van der Waals surface area contributed by atoms with Gasteiger partial charge in [0.05, 0.1) is 0 Å². The highest BCUT2D eigenvalue weighted by molar-refractivity contribution is 5.81. The molecule has 0 spiro atoms. The minimum atomic E-state index is -1.21. The maximum atomic E-state index is 10.9. The molecule has 0 radical (unpaired) electrons. The Balaban J connectivity index is 2.20. The number of aldehydes is 1. The molecular weight excluding hydrogens is 202 g/mol. The topological polar surface area (TPSA) is 94.9 Å². The number of aliphatic carboxylic acids is 1. The molecule has 15 heavy (non-hydrogen) atoms. The Hall–Kier alpha value is -1.59. The number of nitrogens with zero attached hydrogens (tertiary/aromatic N) is 1. The van der Waals surface area contributed by atoms with Crippen LogP contribution in [0.15, 0.2) is 0 Å². The lowest BCUT2D eigenvalue weighted by Crippen LogP contribution is -2.42. The largest absolute Gasteiger partial charge is 0.480 e. The number of carbonyl (C=O) groups is 3. The van der Waals surface area contributed by atoms with Gasteiger partial charge in [0.1, 0.15) is 12.3 Å². The average molecular weight is 213 g/mol. The number of piperidine rings is 1. The number of likely N-dealkylation sites (tertiary alicyclic amines) is 1. The Morgan fingerprint density at radius 3 is 2.47 bits per heavy atom. The summed E-state index contributed by atoms with van der Waals surface area (Å²) in [6.07, 6.45) is 0.660. The molecule has 6 heteroatoms. The van der Waals surface area contributed by atoms with E-state index in [1.165, 1.54) is 0 Å². The highest BCUT2D eigenvalue weighted by atomic mass is 16.4. The lowest BCUT2D eigenvalue weighted by Gasteiger charge is -2.20. The quantitative estimate of drug-likeness (QED) is 0.651. The van der Waals surface area contributed by atoms with Crippen molar-refractivity contribution in [1.29, 1.82) is 0 Å². The molecule has 1 saturated heterocycles. The van der Waals surface area contributed by atoms with Gasteiger partial charge >= 0.3 is 12.1 Å². The van der Waals surface area contributed by atoms with Crippen LogP contribution in [0.25, 0.3) is 0 Å². The minimum Gasteiger partial charge on any atom is -0.480 e. The average Bonchev–Trinajstić information content (AvgIpc) is 2.70. The van der Waals surface area contributed by atoms with E-state index in [4.69, 9.17) is 10.2 Å².